The molecule has 43 heavy (non-hydrogen) atoms. The second-order valence-corrected chi connectivity index (χ2v) is 10.3. The van der Waals surface area contributed by atoms with Gasteiger partial charge in [-0.1, -0.05) is 12.1 Å². The zero-order chi connectivity index (χ0) is 30.5. The largest absolute Gasteiger partial charge is 0.494 e. The molecule has 0 atom stereocenters. The van der Waals surface area contributed by atoms with E-state index in [-0.39, 0.29) is 24.7 Å². The van der Waals surface area contributed by atoms with E-state index in [0.29, 0.717) is 58.4 Å². The number of anilines is 1. The summed E-state index contributed by atoms with van der Waals surface area (Å²) in [4.78, 5) is 40.4. The number of hydrogen-bond acceptors (Lipinski definition) is 8. The lowest BCUT2D eigenvalue weighted by Gasteiger charge is -2.28. The summed E-state index contributed by atoms with van der Waals surface area (Å²) in [5.74, 6) is 1.07. The SMILES string of the molecule is C=CCc1cc(/C=C2\C(=O)NC(=O)N(c3cc(OCC)ccc3OCC)C2=O)cc(Br)c1OCc1ccc2c(c1)OCO2. The molecule has 1 saturated heterocycles. The van der Waals surface area contributed by atoms with Gasteiger partial charge in [0.1, 0.15) is 29.4 Å². The molecule has 0 bridgehead atoms. The zero-order valence-electron chi connectivity index (χ0n) is 23.6. The molecular weight excluding hydrogens is 620 g/mol. The van der Waals surface area contributed by atoms with Gasteiger partial charge in [-0.2, -0.15) is 0 Å². The quantitative estimate of drug-likeness (QED) is 0.154. The lowest BCUT2D eigenvalue weighted by atomic mass is 10.0. The van der Waals surface area contributed by atoms with Gasteiger partial charge < -0.3 is 23.7 Å². The normalized spacial score (nSPS) is 15.0. The fourth-order valence-electron chi connectivity index (χ4n) is 4.66. The van der Waals surface area contributed by atoms with Crippen molar-refractivity contribution in [2.45, 2.75) is 26.9 Å². The van der Waals surface area contributed by atoms with Gasteiger partial charge in [-0.3, -0.25) is 14.9 Å². The van der Waals surface area contributed by atoms with Crippen molar-refractivity contribution in [3.05, 3.63) is 87.9 Å². The third-order valence-electron chi connectivity index (χ3n) is 6.52. The molecule has 0 saturated carbocycles. The third-order valence-corrected chi connectivity index (χ3v) is 7.11. The predicted molar refractivity (Wildman–Crippen MR) is 163 cm³/mol. The number of allylic oxidation sites excluding steroid dienone is 1. The number of carbonyl (C=O) groups excluding carboxylic acids is 3. The van der Waals surface area contributed by atoms with E-state index in [4.69, 9.17) is 23.7 Å². The van der Waals surface area contributed by atoms with Gasteiger partial charge in [-0.05, 0) is 95.4 Å². The van der Waals surface area contributed by atoms with Crippen molar-refractivity contribution in [2.24, 2.45) is 0 Å². The van der Waals surface area contributed by atoms with Gasteiger partial charge in [0.05, 0.1) is 23.4 Å². The van der Waals surface area contributed by atoms with E-state index in [0.717, 1.165) is 16.0 Å². The molecule has 0 radical (unpaired) electrons. The van der Waals surface area contributed by atoms with E-state index in [2.05, 4.69) is 27.8 Å². The first kappa shape index (κ1) is 29.7. The molecule has 2 heterocycles. The molecule has 1 N–H and O–H groups in total. The number of imide groups is 2. The molecule has 11 heteroatoms. The summed E-state index contributed by atoms with van der Waals surface area (Å²) in [7, 11) is 0. The average Bonchev–Trinajstić information content (AvgIpc) is 3.44. The Morgan fingerprint density at radius 2 is 1.77 bits per heavy atom. The van der Waals surface area contributed by atoms with Crippen molar-refractivity contribution < 1.29 is 38.1 Å². The van der Waals surface area contributed by atoms with Gasteiger partial charge in [0.2, 0.25) is 6.79 Å². The smallest absolute Gasteiger partial charge is 0.336 e. The minimum atomic E-state index is -0.887. The van der Waals surface area contributed by atoms with Crippen LogP contribution in [0.3, 0.4) is 0 Å². The number of urea groups is 1. The Kier molecular flexibility index (Phi) is 9.01. The number of benzene rings is 3. The van der Waals surface area contributed by atoms with E-state index >= 15 is 0 Å². The Labute approximate surface area is 256 Å². The number of halogens is 1. The molecule has 5 rings (SSSR count). The highest BCUT2D eigenvalue weighted by Crippen LogP contribution is 2.37. The van der Waals surface area contributed by atoms with Crippen LogP contribution in [0.5, 0.6) is 28.7 Å². The Morgan fingerprint density at radius 3 is 2.53 bits per heavy atom. The maximum atomic E-state index is 13.7. The van der Waals surface area contributed by atoms with E-state index in [1.165, 1.54) is 12.1 Å². The third kappa shape index (κ3) is 6.36. The zero-order valence-corrected chi connectivity index (χ0v) is 25.2. The number of barbiturate groups is 1. The first-order chi connectivity index (χ1) is 20.8. The summed E-state index contributed by atoms with van der Waals surface area (Å²) in [6.07, 6.45) is 3.62. The number of hydrogen-bond donors (Lipinski definition) is 1. The highest BCUT2D eigenvalue weighted by atomic mass is 79.9. The van der Waals surface area contributed by atoms with Crippen molar-refractivity contribution in [3.8, 4) is 28.7 Å². The lowest BCUT2D eigenvalue weighted by Crippen LogP contribution is -2.54. The molecule has 0 aliphatic carbocycles. The Balaban J connectivity index is 1.46. The van der Waals surface area contributed by atoms with E-state index in [1.807, 2.05) is 25.1 Å². The number of fused-ring (bicyclic) bond motifs is 1. The maximum absolute atomic E-state index is 13.7. The molecule has 0 unspecified atom stereocenters. The number of rotatable bonds is 11. The van der Waals surface area contributed by atoms with Crippen molar-refractivity contribution in [1.82, 2.24) is 5.32 Å². The monoisotopic (exact) mass is 648 g/mol. The number of nitrogens with zero attached hydrogens (tertiary/aromatic N) is 1. The van der Waals surface area contributed by atoms with E-state index in [1.54, 1.807) is 37.3 Å². The van der Waals surface area contributed by atoms with Crippen LogP contribution in [0.4, 0.5) is 10.5 Å². The van der Waals surface area contributed by atoms with Crippen LogP contribution in [-0.4, -0.2) is 37.9 Å². The van der Waals surface area contributed by atoms with E-state index < -0.39 is 17.8 Å². The second kappa shape index (κ2) is 13.0. The van der Waals surface area contributed by atoms with Crippen molar-refractivity contribution >= 4 is 45.5 Å². The molecule has 0 aromatic heterocycles. The summed E-state index contributed by atoms with van der Waals surface area (Å²) < 4.78 is 28.9. The van der Waals surface area contributed by atoms with Crippen LogP contribution in [0.15, 0.2) is 71.2 Å². The number of ether oxygens (including phenoxy) is 5. The predicted octanol–water partition coefficient (Wildman–Crippen LogP) is 5.95. The first-order valence-electron chi connectivity index (χ1n) is 13.6. The van der Waals surface area contributed by atoms with Gasteiger partial charge in [-0.25, -0.2) is 9.69 Å². The fourth-order valence-corrected chi connectivity index (χ4v) is 5.29. The molecule has 222 valence electrons. The summed E-state index contributed by atoms with van der Waals surface area (Å²) >= 11 is 3.58. The van der Waals surface area contributed by atoms with Crippen molar-refractivity contribution in [3.63, 3.8) is 0 Å². The van der Waals surface area contributed by atoms with Gasteiger partial charge in [0, 0.05) is 6.07 Å². The summed E-state index contributed by atoms with van der Waals surface area (Å²) in [6, 6.07) is 13.1. The molecule has 4 amide bonds. The molecule has 10 nitrogen and oxygen atoms in total. The minimum Gasteiger partial charge on any atom is -0.494 e. The van der Waals surface area contributed by atoms with Crippen LogP contribution in [0.2, 0.25) is 0 Å². The van der Waals surface area contributed by atoms with E-state index in [9.17, 15) is 14.4 Å². The number of nitrogens with one attached hydrogen (secondary N) is 1. The summed E-state index contributed by atoms with van der Waals surface area (Å²) in [5, 5.41) is 2.26. The molecule has 0 spiro atoms. The van der Waals surface area contributed by atoms with Crippen LogP contribution in [0.25, 0.3) is 6.08 Å². The molecule has 3 aromatic rings. The first-order valence-corrected chi connectivity index (χ1v) is 14.4. The van der Waals surface area contributed by atoms with Gasteiger partial charge >= 0.3 is 6.03 Å². The van der Waals surface area contributed by atoms with Crippen molar-refractivity contribution in [2.75, 3.05) is 24.9 Å². The number of amides is 4. The standard InChI is InChI=1S/C32H29BrN2O8/c1-4-7-21-12-20(14-24(33)29(21)41-17-19-8-10-27-28(15-19)43-18-42-27)13-23-30(36)34-32(38)35(31(23)37)25-16-22(39-5-2)9-11-26(25)40-6-3/h4,8-16H,1,5-7,17-18H2,2-3H3,(H,34,36,38)/b23-13+. The van der Waals surface area contributed by atoms with Crippen molar-refractivity contribution in [1.29, 1.82) is 0 Å². The lowest BCUT2D eigenvalue weighted by molar-refractivity contribution is -0.122. The van der Waals surface area contributed by atoms with Gasteiger partial charge in [-0.15, -0.1) is 6.58 Å². The number of carbonyl (C=O) groups is 3. The van der Waals surface area contributed by atoms with Crippen LogP contribution in [-0.2, 0) is 22.6 Å². The van der Waals surface area contributed by atoms with Crippen LogP contribution >= 0.6 is 15.9 Å². The second-order valence-electron chi connectivity index (χ2n) is 9.41. The molecular formula is C32H29BrN2O8. The summed E-state index contributed by atoms with van der Waals surface area (Å²) in [5.41, 5.74) is 2.14. The molecule has 3 aromatic carbocycles. The fraction of sp³-hybridized carbons (Fsp3) is 0.219. The molecule has 1 fully saturated rings. The van der Waals surface area contributed by atoms with Crippen LogP contribution in [0.1, 0.15) is 30.5 Å². The Bertz CT molecular complexity index is 1630. The van der Waals surface area contributed by atoms with Gasteiger partial charge in [0.15, 0.2) is 11.5 Å². The minimum absolute atomic E-state index is 0.162. The molecule has 2 aliphatic rings. The average molecular weight is 649 g/mol. The maximum Gasteiger partial charge on any atom is 0.336 e. The Hall–Kier alpha value is -4.77. The van der Waals surface area contributed by atoms with Gasteiger partial charge in [0.25, 0.3) is 11.8 Å². The molecule has 2 aliphatic heterocycles. The highest BCUT2D eigenvalue weighted by molar-refractivity contribution is 9.10. The Morgan fingerprint density at radius 1 is 0.977 bits per heavy atom. The van der Waals surface area contributed by atoms with Crippen LogP contribution in [0, 0.1) is 0 Å². The highest BCUT2D eigenvalue weighted by Gasteiger charge is 2.38. The topological polar surface area (TPSA) is 113 Å². The summed E-state index contributed by atoms with van der Waals surface area (Å²) in [6.45, 7) is 8.59. The van der Waals surface area contributed by atoms with Crippen LogP contribution < -0.4 is 33.9 Å².